The molecule has 6 nitrogen and oxygen atoms in total. The van der Waals surface area contributed by atoms with Crippen LogP contribution in [0, 0.1) is 0 Å². The fourth-order valence-electron chi connectivity index (χ4n) is 3.37. The average molecular weight is 417 g/mol. The van der Waals surface area contributed by atoms with Crippen LogP contribution in [0.3, 0.4) is 0 Å². The number of carbonyl (C=O) groups excluding carboxylic acids is 2. The number of carbonyl (C=O) groups is 2. The lowest BCUT2D eigenvalue weighted by molar-refractivity contribution is -0.133. The van der Waals surface area contributed by atoms with E-state index in [-0.39, 0.29) is 17.9 Å². The molecule has 7 heteroatoms. The van der Waals surface area contributed by atoms with Crippen molar-refractivity contribution in [2.45, 2.75) is 38.3 Å². The highest BCUT2D eigenvalue weighted by atomic mass is 32.1. The molecule has 0 bridgehead atoms. The molecule has 1 fully saturated rings. The lowest BCUT2D eigenvalue weighted by Crippen LogP contribution is -2.37. The summed E-state index contributed by atoms with van der Waals surface area (Å²) in [5.74, 6) is 0.775. The van der Waals surface area contributed by atoms with Crippen LogP contribution < -0.4 is 10.1 Å². The van der Waals surface area contributed by atoms with Crippen molar-refractivity contribution >= 4 is 23.2 Å². The number of hydrogen-bond donors (Lipinski definition) is 1. The Hall–Kier alpha value is -2.38. The standard InChI is InChI=1S/C22H28N2O4S/c1-27-18-7-2-6-17(14-18)15-24(16-19-8-4-12-28-19)21(25)10-3-11-23-22(26)20-9-5-13-29-20/h2,5-7,9,13-14,19H,3-4,8,10-12,15-16H2,1H3,(H,23,26). The normalized spacial score (nSPS) is 15.8. The van der Waals surface area contributed by atoms with Gasteiger partial charge in [0, 0.05) is 32.7 Å². The van der Waals surface area contributed by atoms with E-state index in [1.165, 1.54) is 11.3 Å². The summed E-state index contributed by atoms with van der Waals surface area (Å²) in [6.07, 6.45) is 3.12. The van der Waals surface area contributed by atoms with Gasteiger partial charge >= 0.3 is 0 Å². The van der Waals surface area contributed by atoms with Gasteiger partial charge in [0.1, 0.15) is 5.75 Å². The molecule has 2 heterocycles. The Morgan fingerprint density at radius 2 is 2.21 bits per heavy atom. The summed E-state index contributed by atoms with van der Waals surface area (Å²) in [6, 6.07) is 11.4. The van der Waals surface area contributed by atoms with E-state index < -0.39 is 0 Å². The average Bonchev–Trinajstić information content (AvgIpc) is 3.45. The summed E-state index contributed by atoms with van der Waals surface area (Å²) in [4.78, 5) is 27.4. The van der Waals surface area contributed by atoms with Crippen molar-refractivity contribution in [1.29, 1.82) is 0 Å². The maximum atomic E-state index is 12.9. The zero-order chi connectivity index (χ0) is 20.5. The van der Waals surface area contributed by atoms with E-state index in [1.807, 2.05) is 40.6 Å². The molecule has 1 aliphatic rings. The first-order valence-corrected chi connectivity index (χ1v) is 10.9. The van der Waals surface area contributed by atoms with Crippen LogP contribution in [0.1, 0.15) is 40.9 Å². The summed E-state index contributed by atoms with van der Waals surface area (Å²) in [7, 11) is 1.64. The SMILES string of the molecule is COc1cccc(CN(CC2CCCO2)C(=O)CCCNC(=O)c2cccs2)c1. The molecule has 0 aliphatic carbocycles. The molecule has 1 N–H and O–H groups in total. The van der Waals surface area contributed by atoms with Crippen molar-refractivity contribution in [3.05, 3.63) is 52.2 Å². The number of methoxy groups -OCH3 is 1. The third-order valence-corrected chi connectivity index (χ3v) is 5.77. The summed E-state index contributed by atoms with van der Waals surface area (Å²) >= 11 is 1.41. The highest BCUT2D eigenvalue weighted by Crippen LogP contribution is 2.18. The van der Waals surface area contributed by atoms with Crippen LogP contribution in [0.15, 0.2) is 41.8 Å². The lowest BCUT2D eigenvalue weighted by Gasteiger charge is -2.26. The van der Waals surface area contributed by atoms with E-state index in [2.05, 4.69) is 5.32 Å². The van der Waals surface area contributed by atoms with Crippen LogP contribution >= 0.6 is 11.3 Å². The summed E-state index contributed by atoms with van der Waals surface area (Å²) in [5, 5.41) is 4.75. The molecule has 2 aromatic rings. The number of nitrogens with zero attached hydrogens (tertiary/aromatic N) is 1. The van der Waals surface area contributed by atoms with Gasteiger partial charge in [0.2, 0.25) is 5.91 Å². The van der Waals surface area contributed by atoms with Gasteiger partial charge in [-0.25, -0.2) is 0 Å². The van der Waals surface area contributed by atoms with E-state index in [4.69, 9.17) is 9.47 Å². The van der Waals surface area contributed by atoms with E-state index in [0.29, 0.717) is 37.4 Å². The molecule has 1 atom stereocenters. The number of amides is 2. The van der Waals surface area contributed by atoms with Gasteiger partial charge in [-0.2, -0.15) is 0 Å². The molecule has 0 saturated carbocycles. The molecule has 0 spiro atoms. The van der Waals surface area contributed by atoms with Gasteiger partial charge in [0.05, 0.1) is 18.1 Å². The Morgan fingerprint density at radius 3 is 2.93 bits per heavy atom. The third-order valence-electron chi connectivity index (χ3n) is 4.91. The van der Waals surface area contributed by atoms with Crippen molar-refractivity contribution in [2.75, 3.05) is 26.8 Å². The Morgan fingerprint density at radius 1 is 1.31 bits per heavy atom. The van der Waals surface area contributed by atoms with Crippen molar-refractivity contribution in [3.63, 3.8) is 0 Å². The van der Waals surface area contributed by atoms with Crippen LogP contribution in [0.2, 0.25) is 0 Å². The van der Waals surface area contributed by atoms with Gasteiger partial charge in [0.25, 0.3) is 5.91 Å². The minimum Gasteiger partial charge on any atom is -0.497 e. The first kappa shape index (κ1) is 21.3. The molecule has 0 radical (unpaired) electrons. The quantitative estimate of drug-likeness (QED) is 0.602. The molecular weight excluding hydrogens is 388 g/mol. The first-order chi connectivity index (χ1) is 14.2. The number of hydrogen-bond acceptors (Lipinski definition) is 5. The van der Waals surface area contributed by atoms with Crippen LogP contribution in [0.4, 0.5) is 0 Å². The number of nitrogens with one attached hydrogen (secondary N) is 1. The molecule has 2 amide bonds. The molecular formula is C22H28N2O4S. The second-order valence-electron chi connectivity index (χ2n) is 7.10. The van der Waals surface area contributed by atoms with E-state index >= 15 is 0 Å². The maximum Gasteiger partial charge on any atom is 0.261 e. The Balaban J connectivity index is 1.52. The van der Waals surface area contributed by atoms with E-state index in [0.717, 1.165) is 30.8 Å². The zero-order valence-corrected chi connectivity index (χ0v) is 17.6. The van der Waals surface area contributed by atoms with Crippen LogP contribution in [0.5, 0.6) is 5.75 Å². The van der Waals surface area contributed by atoms with Gasteiger partial charge in [-0.15, -0.1) is 11.3 Å². The predicted molar refractivity (Wildman–Crippen MR) is 113 cm³/mol. The minimum atomic E-state index is -0.0833. The predicted octanol–water partition coefficient (Wildman–Crippen LogP) is 3.47. The van der Waals surface area contributed by atoms with E-state index in [9.17, 15) is 9.59 Å². The molecule has 1 unspecified atom stereocenters. The second kappa shape index (κ2) is 11.0. The van der Waals surface area contributed by atoms with Crippen LogP contribution in [0.25, 0.3) is 0 Å². The molecule has 1 aromatic heterocycles. The topological polar surface area (TPSA) is 67.9 Å². The zero-order valence-electron chi connectivity index (χ0n) is 16.8. The van der Waals surface area contributed by atoms with Crippen molar-refractivity contribution < 1.29 is 19.1 Å². The summed E-state index contributed by atoms with van der Waals surface area (Å²) in [6.45, 7) is 2.37. The van der Waals surface area contributed by atoms with Gasteiger partial charge in [-0.05, 0) is 48.4 Å². The van der Waals surface area contributed by atoms with Gasteiger partial charge in [-0.1, -0.05) is 18.2 Å². The molecule has 156 valence electrons. The Kier molecular flexibility index (Phi) is 8.07. The minimum absolute atomic E-state index is 0.0775. The smallest absolute Gasteiger partial charge is 0.261 e. The third kappa shape index (κ3) is 6.58. The molecule has 1 aromatic carbocycles. The fourth-order valence-corrected chi connectivity index (χ4v) is 4.01. The van der Waals surface area contributed by atoms with Crippen molar-refractivity contribution in [2.24, 2.45) is 0 Å². The Bertz CT molecular complexity index is 788. The van der Waals surface area contributed by atoms with Crippen molar-refractivity contribution in [1.82, 2.24) is 10.2 Å². The number of benzene rings is 1. The number of rotatable bonds is 10. The monoisotopic (exact) mass is 416 g/mol. The fraction of sp³-hybridized carbons (Fsp3) is 0.455. The molecule has 29 heavy (non-hydrogen) atoms. The van der Waals surface area contributed by atoms with Crippen LogP contribution in [-0.4, -0.2) is 49.6 Å². The number of ether oxygens (including phenoxy) is 2. The van der Waals surface area contributed by atoms with Gasteiger partial charge < -0.3 is 19.7 Å². The van der Waals surface area contributed by atoms with Crippen molar-refractivity contribution in [3.8, 4) is 5.75 Å². The first-order valence-electron chi connectivity index (χ1n) is 9.99. The van der Waals surface area contributed by atoms with Gasteiger partial charge in [0.15, 0.2) is 0 Å². The van der Waals surface area contributed by atoms with Gasteiger partial charge in [-0.3, -0.25) is 9.59 Å². The molecule has 1 aliphatic heterocycles. The van der Waals surface area contributed by atoms with Crippen LogP contribution in [-0.2, 0) is 16.1 Å². The lowest BCUT2D eigenvalue weighted by atomic mass is 10.1. The van der Waals surface area contributed by atoms with E-state index in [1.54, 1.807) is 13.2 Å². The summed E-state index contributed by atoms with van der Waals surface area (Å²) < 4.78 is 11.0. The highest BCUT2D eigenvalue weighted by molar-refractivity contribution is 7.12. The molecule has 3 rings (SSSR count). The second-order valence-corrected chi connectivity index (χ2v) is 8.05. The maximum absolute atomic E-state index is 12.9. The highest BCUT2D eigenvalue weighted by Gasteiger charge is 2.22. The number of thiophene rings is 1. The largest absolute Gasteiger partial charge is 0.497 e. The summed E-state index contributed by atoms with van der Waals surface area (Å²) in [5.41, 5.74) is 1.03. The Labute approximate surface area is 175 Å². The molecule has 1 saturated heterocycles.